The van der Waals surface area contributed by atoms with Crippen LogP contribution in [0.2, 0.25) is 5.02 Å². The quantitative estimate of drug-likeness (QED) is 0.449. The molecule has 2 amide bonds. The van der Waals surface area contributed by atoms with Crippen molar-refractivity contribution in [2.75, 3.05) is 12.4 Å². The lowest BCUT2D eigenvalue weighted by atomic mass is 9.87. The standard InChI is InChI=1S/C20H16ClFN6O5/c1-20(8-16(29)27(2)18(26-20)25-19(30)31)11-4-3-5-13(17(11)22)24-14-7-12(21)10(9-23)6-15(14)28(32)33/h3-7,24H,8H2,1-2H3,(H,25,26)(H,30,31)/t20-/m0/s1. The molecule has 11 nitrogen and oxygen atoms in total. The lowest BCUT2D eigenvalue weighted by Crippen LogP contribution is -2.51. The van der Waals surface area contributed by atoms with Gasteiger partial charge in [-0.1, -0.05) is 23.7 Å². The molecule has 2 aromatic rings. The molecule has 1 aliphatic heterocycles. The van der Waals surface area contributed by atoms with Crippen molar-refractivity contribution in [3.63, 3.8) is 0 Å². The minimum Gasteiger partial charge on any atom is -0.465 e. The molecule has 0 saturated carbocycles. The molecular formula is C20H16ClFN6O5. The van der Waals surface area contributed by atoms with Crippen LogP contribution in [0.5, 0.6) is 0 Å². The van der Waals surface area contributed by atoms with Crippen LogP contribution in [0.4, 0.5) is 26.2 Å². The van der Waals surface area contributed by atoms with Crippen molar-refractivity contribution in [1.82, 2.24) is 10.2 Å². The Kier molecular flexibility index (Phi) is 6.19. The molecule has 0 saturated heterocycles. The van der Waals surface area contributed by atoms with Crippen LogP contribution in [0.1, 0.15) is 24.5 Å². The number of anilines is 2. The SMILES string of the molecule is CN1C(=O)C[C@@](C)(c2cccc(Nc3cc(Cl)c(C#N)cc3[N+](=O)[O-])c2F)N=C1NC(=O)O. The van der Waals surface area contributed by atoms with Gasteiger partial charge in [0.15, 0.2) is 5.82 Å². The van der Waals surface area contributed by atoms with Gasteiger partial charge in [0.05, 0.1) is 33.2 Å². The highest BCUT2D eigenvalue weighted by Gasteiger charge is 2.39. The molecule has 3 rings (SSSR count). The summed E-state index contributed by atoms with van der Waals surface area (Å²) < 4.78 is 15.5. The van der Waals surface area contributed by atoms with E-state index in [1.165, 1.54) is 32.2 Å². The summed E-state index contributed by atoms with van der Waals surface area (Å²) in [5.74, 6) is -1.62. The Morgan fingerprint density at radius 2 is 2.12 bits per heavy atom. The van der Waals surface area contributed by atoms with Gasteiger partial charge in [0, 0.05) is 18.7 Å². The number of halogens is 2. The smallest absolute Gasteiger partial charge is 0.411 e. The third-order valence-electron chi connectivity index (χ3n) is 5.01. The molecule has 0 aromatic heterocycles. The average molecular weight is 475 g/mol. The van der Waals surface area contributed by atoms with Crippen LogP contribution < -0.4 is 10.6 Å². The van der Waals surface area contributed by atoms with Gasteiger partial charge in [0.1, 0.15) is 11.8 Å². The first kappa shape index (κ1) is 23.4. The van der Waals surface area contributed by atoms with Crippen LogP contribution in [-0.2, 0) is 10.3 Å². The number of nitro benzene ring substituents is 1. The fourth-order valence-electron chi connectivity index (χ4n) is 3.33. The zero-order chi connectivity index (χ0) is 24.5. The van der Waals surface area contributed by atoms with Crippen molar-refractivity contribution >= 4 is 46.6 Å². The Bertz CT molecular complexity index is 1260. The third kappa shape index (κ3) is 4.53. The number of aliphatic imine (C=N–C) groups is 1. The molecule has 3 N–H and O–H groups in total. The summed E-state index contributed by atoms with van der Waals surface area (Å²) >= 11 is 5.98. The van der Waals surface area contributed by atoms with Crippen LogP contribution in [0, 0.1) is 27.3 Å². The minimum absolute atomic E-state index is 0.0407. The predicted octanol–water partition coefficient (Wildman–Crippen LogP) is 3.70. The maximum Gasteiger partial charge on any atom is 0.411 e. The molecule has 0 fully saturated rings. The fourth-order valence-corrected chi connectivity index (χ4v) is 3.54. The van der Waals surface area contributed by atoms with Gasteiger partial charge in [0.25, 0.3) is 5.69 Å². The molecule has 0 unspecified atom stereocenters. The van der Waals surface area contributed by atoms with Crippen LogP contribution in [-0.4, -0.2) is 39.9 Å². The first-order valence-electron chi connectivity index (χ1n) is 9.27. The number of carboxylic acid groups (broad SMARTS) is 1. The van der Waals surface area contributed by atoms with Crippen LogP contribution in [0.25, 0.3) is 0 Å². The molecule has 33 heavy (non-hydrogen) atoms. The van der Waals surface area contributed by atoms with Crippen molar-refractivity contribution in [2.24, 2.45) is 4.99 Å². The first-order chi connectivity index (χ1) is 15.5. The summed E-state index contributed by atoms with van der Waals surface area (Å²) in [7, 11) is 1.33. The fraction of sp³-hybridized carbons (Fsp3) is 0.200. The lowest BCUT2D eigenvalue weighted by molar-refractivity contribution is -0.383. The maximum atomic E-state index is 15.5. The molecule has 1 atom stereocenters. The maximum absolute atomic E-state index is 15.5. The Hall–Kier alpha value is -4.24. The molecule has 13 heteroatoms. The molecule has 0 spiro atoms. The summed E-state index contributed by atoms with van der Waals surface area (Å²) in [6, 6.07) is 7.99. The zero-order valence-corrected chi connectivity index (χ0v) is 18.0. The Morgan fingerprint density at radius 1 is 1.42 bits per heavy atom. The number of nitrogens with zero attached hydrogens (tertiary/aromatic N) is 4. The Morgan fingerprint density at radius 3 is 2.73 bits per heavy atom. The molecule has 1 heterocycles. The van der Waals surface area contributed by atoms with E-state index in [0.717, 1.165) is 17.0 Å². The second kappa shape index (κ2) is 8.71. The van der Waals surface area contributed by atoms with Gasteiger partial charge in [-0.05, 0) is 19.1 Å². The average Bonchev–Trinajstić information content (AvgIpc) is 2.72. The van der Waals surface area contributed by atoms with Gasteiger partial charge in [-0.2, -0.15) is 5.26 Å². The summed E-state index contributed by atoms with van der Waals surface area (Å²) in [6.07, 6.45) is -1.70. The van der Waals surface area contributed by atoms with Gasteiger partial charge in [-0.3, -0.25) is 25.1 Å². The first-order valence-corrected chi connectivity index (χ1v) is 9.65. The Labute approximate surface area is 191 Å². The van der Waals surface area contributed by atoms with Gasteiger partial charge in [0.2, 0.25) is 11.9 Å². The Balaban J connectivity index is 2.08. The van der Waals surface area contributed by atoms with E-state index in [1.807, 2.05) is 5.32 Å². The second-order valence-electron chi connectivity index (χ2n) is 7.28. The highest BCUT2D eigenvalue weighted by atomic mass is 35.5. The van der Waals surface area contributed by atoms with Crippen molar-refractivity contribution in [1.29, 1.82) is 5.26 Å². The van der Waals surface area contributed by atoms with E-state index in [1.54, 1.807) is 6.07 Å². The van der Waals surface area contributed by atoms with Gasteiger partial charge < -0.3 is 10.4 Å². The number of carbonyl (C=O) groups excluding carboxylic acids is 1. The summed E-state index contributed by atoms with van der Waals surface area (Å²) in [5.41, 5.74) is -2.44. The predicted molar refractivity (Wildman–Crippen MR) is 116 cm³/mol. The molecule has 2 aromatic carbocycles. The zero-order valence-electron chi connectivity index (χ0n) is 17.2. The lowest BCUT2D eigenvalue weighted by Gasteiger charge is -2.35. The van der Waals surface area contributed by atoms with E-state index in [9.17, 15) is 19.7 Å². The highest BCUT2D eigenvalue weighted by Crippen LogP contribution is 2.39. The van der Waals surface area contributed by atoms with Gasteiger partial charge >= 0.3 is 6.09 Å². The number of hydrogen-bond acceptors (Lipinski definition) is 7. The highest BCUT2D eigenvalue weighted by molar-refractivity contribution is 6.32. The van der Waals surface area contributed by atoms with E-state index < -0.39 is 34.0 Å². The van der Waals surface area contributed by atoms with Gasteiger partial charge in [-0.25, -0.2) is 14.2 Å². The summed E-state index contributed by atoms with van der Waals surface area (Å²) in [4.78, 5) is 39.4. The topological polar surface area (TPSA) is 161 Å². The van der Waals surface area contributed by atoms with E-state index in [4.69, 9.17) is 22.0 Å². The van der Waals surface area contributed by atoms with E-state index >= 15 is 4.39 Å². The van der Waals surface area contributed by atoms with E-state index in [-0.39, 0.29) is 39.9 Å². The molecule has 0 bridgehead atoms. The normalized spacial score (nSPS) is 17.7. The summed E-state index contributed by atoms with van der Waals surface area (Å²) in [6.45, 7) is 1.46. The van der Waals surface area contributed by atoms with E-state index in [0.29, 0.717) is 0 Å². The second-order valence-corrected chi connectivity index (χ2v) is 7.69. The number of nitro groups is 1. The third-order valence-corrected chi connectivity index (χ3v) is 5.32. The molecule has 0 aliphatic carbocycles. The number of carbonyl (C=O) groups is 2. The number of nitrogens with one attached hydrogen (secondary N) is 2. The minimum atomic E-state index is -1.46. The van der Waals surface area contributed by atoms with Crippen LogP contribution >= 0.6 is 11.6 Å². The molecular weight excluding hydrogens is 459 g/mol. The molecule has 0 radical (unpaired) electrons. The summed E-state index contributed by atoms with van der Waals surface area (Å²) in [5, 5.41) is 34.1. The van der Waals surface area contributed by atoms with Crippen molar-refractivity contribution < 1.29 is 24.0 Å². The number of amides is 2. The van der Waals surface area contributed by atoms with Crippen LogP contribution in [0.3, 0.4) is 0 Å². The number of hydrogen-bond donors (Lipinski definition) is 3. The largest absolute Gasteiger partial charge is 0.465 e. The van der Waals surface area contributed by atoms with Crippen molar-refractivity contribution in [3.8, 4) is 6.07 Å². The van der Waals surface area contributed by atoms with Crippen molar-refractivity contribution in [3.05, 3.63) is 62.4 Å². The van der Waals surface area contributed by atoms with Crippen LogP contribution in [0.15, 0.2) is 35.3 Å². The molecule has 170 valence electrons. The van der Waals surface area contributed by atoms with E-state index in [2.05, 4.69) is 10.3 Å². The number of nitriles is 1. The van der Waals surface area contributed by atoms with Gasteiger partial charge in [-0.15, -0.1) is 0 Å². The molecule has 1 aliphatic rings. The number of benzene rings is 2. The number of guanidine groups is 1. The van der Waals surface area contributed by atoms with Crippen molar-refractivity contribution in [2.45, 2.75) is 18.9 Å². The number of rotatable bonds is 4. The monoisotopic (exact) mass is 474 g/mol.